The van der Waals surface area contributed by atoms with Crippen molar-refractivity contribution in [2.75, 3.05) is 0 Å². The van der Waals surface area contributed by atoms with Gasteiger partial charge in [0.05, 0.1) is 0 Å². The van der Waals surface area contributed by atoms with Crippen LogP contribution in [0.15, 0.2) is 0 Å². The van der Waals surface area contributed by atoms with Crippen molar-refractivity contribution in [3.63, 3.8) is 0 Å². The predicted molar refractivity (Wildman–Crippen MR) is 35.7 cm³/mol. The van der Waals surface area contributed by atoms with Gasteiger partial charge in [-0.1, -0.05) is 13.8 Å². The zero-order chi connectivity index (χ0) is 13.6. The van der Waals surface area contributed by atoms with E-state index in [1.807, 2.05) is 0 Å². The molecule has 0 heterocycles. The molecule has 0 aromatic carbocycles. The molecule has 0 aliphatic rings. The van der Waals surface area contributed by atoms with E-state index in [9.17, 15) is 39.5 Å². The van der Waals surface area contributed by atoms with Gasteiger partial charge in [0, 0.05) is 5.92 Å². The Bertz CT molecular complexity index is 249. The van der Waals surface area contributed by atoms with Gasteiger partial charge in [-0.2, -0.15) is 39.5 Å². The summed E-state index contributed by atoms with van der Waals surface area (Å²) in [5, 5.41) is 0. The summed E-state index contributed by atoms with van der Waals surface area (Å²) in [5.74, 6) is -21.1. The highest BCUT2D eigenvalue weighted by Gasteiger charge is 2.82. The second-order valence-electron chi connectivity index (χ2n) is 3.42. The van der Waals surface area contributed by atoms with Gasteiger partial charge >= 0.3 is 23.9 Å². The molecule has 0 aromatic rings. The summed E-state index contributed by atoms with van der Waals surface area (Å²) >= 11 is 0. The molecule has 0 saturated carbocycles. The molecular formula is C7H7F9. The second-order valence-corrected chi connectivity index (χ2v) is 3.42. The first-order valence-corrected chi connectivity index (χ1v) is 3.89. The highest BCUT2D eigenvalue weighted by atomic mass is 19.4. The minimum Gasteiger partial charge on any atom is -0.199 e. The quantitative estimate of drug-likeness (QED) is 0.671. The third-order valence-electron chi connectivity index (χ3n) is 1.89. The molecule has 0 unspecified atom stereocenters. The molecule has 16 heavy (non-hydrogen) atoms. The summed E-state index contributed by atoms with van der Waals surface area (Å²) < 4.78 is 109. The Morgan fingerprint density at radius 2 is 0.938 bits per heavy atom. The number of rotatable bonds is 3. The Morgan fingerprint density at radius 1 is 0.625 bits per heavy atom. The molecular weight excluding hydrogens is 255 g/mol. The number of hydrogen-bond acceptors (Lipinski definition) is 0. The van der Waals surface area contributed by atoms with Gasteiger partial charge in [0.25, 0.3) is 0 Å². The Kier molecular flexibility index (Phi) is 3.55. The molecule has 0 atom stereocenters. The lowest BCUT2D eigenvalue weighted by molar-refractivity contribution is -0.401. The summed E-state index contributed by atoms with van der Waals surface area (Å²) in [6, 6.07) is 0. The molecule has 0 rings (SSSR count). The van der Waals surface area contributed by atoms with Crippen molar-refractivity contribution in [3.8, 4) is 0 Å². The lowest BCUT2D eigenvalue weighted by Crippen LogP contribution is -2.62. The maximum absolute atomic E-state index is 12.6. The smallest absolute Gasteiger partial charge is 0.199 e. The number of halogens is 9. The van der Waals surface area contributed by atoms with Crippen LogP contribution in [0.5, 0.6) is 0 Å². The highest BCUT2D eigenvalue weighted by molar-refractivity contribution is 5.01. The maximum Gasteiger partial charge on any atom is 0.460 e. The van der Waals surface area contributed by atoms with Crippen LogP contribution in [0.25, 0.3) is 0 Å². The van der Waals surface area contributed by atoms with Crippen molar-refractivity contribution in [1.29, 1.82) is 0 Å². The zero-order valence-electron chi connectivity index (χ0n) is 7.98. The first-order chi connectivity index (χ1) is 6.69. The van der Waals surface area contributed by atoms with E-state index in [1.54, 1.807) is 0 Å². The molecule has 0 aliphatic carbocycles. The lowest BCUT2D eigenvalue weighted by Gasteiger charge is -2.35. The molecule has 0 N–H and O–H groups in total. The molecule has 0 saturated heterocycles. The van der Waals surface area contributed by atoms with E-state index in [0.29, 0.717) is 13.8 Å². The highest BCUT2D eigenvalue weighted by Crippen LogP contribution is 2.54. The fourth-order valence-electron chi connectivity index (χ4n) is 0.750. The van der Waals surface area contributed by atoms with Crippen LogP contribution in [-0.4, -0.2) is 23.9 Å². The van der Waals surface area contributed by atoms with Crippen LogP contribution in [-0.2, 0) is 0 Å². The summed E-state index contributed by atoms with van der Waals surface area (Å²) in [6.07, 6.45) is -6.74. The van der Waals surface area contributed by atoms with Crippen molar-refractivity contribution >= 4 is 0 Å². The zero-order valence-corrected chi connectivity index (χ0v) is 7.98. The summed E-state index contributed by atoms with van der Waals surface area (Å²) in [4.78, 5) is 0. The fraction of sp³-hybridized carbons (Fsp3) is 1.00. The molecule has 0 bridgehead atoms. The minimum absolute atomic E-state index is 0.417. The number of alkyl halides is 9. The number of hydrogen-bond donors (Lipinski definition) is 0. The van der Waals surface area contributed by atoms with E-state index in [2.05, 4.69) is 0 Å². The molecule has 0 radical (unpaired) electrons. The lowest BCUT2D eigenvalue weighted by atomic mass is 9.94. The Balaban J connectivity index is 5.53. The molecule has 0 spiro atoms. The standard InChI is InChI=1S/C7H7F9/c1-3(2)4(8,9)5(10,11)6(12,13)7(14,15)16/h3H,1-2H3. The SMILES string of the molecule is CC(C)C(F)(F)C(F)(F)C(F)(F)C(F)(F)F. The van der Waals surface area contributed by atoms with Crippen LogP contribution in [0, 0.1) is 5.92 Å². The summed E-state index contributed by atoms with van der Waals surface area (Å²) in [5.41, 5.74) is 0. The summed E-state index contributed by atoms with van der Waals surface area (Å²) in [6.45, 7) is 0.834. The normalized spacial score (nSPS) is 15.8. The van der Waals surface area contributed by atoms with Crippen LogP contribution < -0.4 is 0 Å². The Hall–Kier alpha value is -0.630. The van der Waals surface area contributed by atoms with Crippen molar-refractivity contribution in [2.45, 2.75) is 37.8 Å². The van der Waals surface area contributed by atoms with Gasteiger partial charge in [-0.25, -0.2) is 0 Å². The molecule has 0 aromatic heterocycles. The second kappa shape index (κ2) is 3.69. The molecule has 0 aliphatic heterocycles. The molecule has 0 amide bonds. The molecule has 0 nitrogen and oxygen atoms in total. The fourth-order valence-corrected chi connectivity index (χ4v) is 0.750. The minimum atomic E-state index is -6.78. The van der Waals surface area contributed by atoms with Crippen molar-refractivity contribution in [3.05, 3.63) is 0 Å². The topological polar surface area (TPSA) is 0 Å². The van der Waals surface area contributed by atoms with Crippen LogP contribution in [0.1, 0.15) is 13.8 Å². The van der Waals surface area contributed by atoms with E-state index in [-0.39, 0.29) is 0 Å². The van der Waals surface area contributed by atoms with Crippen molar-refractivity contribution in [1.82, 2.24) is 0 Å². The third-order valence-corrected chi connectivity index (χ3v) is 1.89. The van der Waals surface area contributed by atoms with Gasteiger partial charge in [0.15, 0.2) is 0 Å². The maximum atomic E-state index is 12.6. The van der Waals surface area contributed by atoms with E-state index >= 15 is 0 Å². The van der Waals surface area contributed by atoms with E-state index < -0.39 is 29.9 Å². The largest absolute Gasteiger partial charge is 0.460 e. The Morgan fingerprint density at radius 3 is 1.12 bits per heavy atom. The van der Waals surface area contributed by atoms with Gasteiger partial charge < -0.3 is 0 Å². The third kappa shape index (κ3) is 1.95. The average molecular weight is 262 g/mol. The van der Waals surface area contributed by atoms with Gasteiger partial charge in [-0.15, -0.1) is 0 Å². The van der Waals surface area contributed by atoms with Gasteiger partial charge in [-0.05, 0) is 0 Å². The van der Waals surface area contributed by atoms with Crippen LogP contribution in [0.3, 0.4) is 0 Å². The average Bonchev–Trinajstić information content (AvgIpc) is 2.00. The molecule has 9 heteroatoms. The first-order valence-electron chi connectivity index (χ1n) is 3.89. The summed E-state index contributed by atoms with van der Waals surface area (Å²) in [7, 11) is 0. The predicted octanol–water partition coefficient (Wildman–Crippen LogP) is 4.11. The van der Waals surface area contributed by atoms with Gasteiger partial charge in [0.1, 0.15) is 0 Å². The van der Waals surface area contributed by atoms with Crippen LogP contribution in [0.2, 0.25) is 0 Å². The Labute approximate surface area is 84.4 Å². The first kappa shape index (κ1) is 15.4. The van der Waals surface area contributed by atoms with Crippen LogP contribution >= 0.6 is 0 Å². The van der Waals surface area contributed by atoms with E-state index in [0.717, 1.165) is 0 Å². The van der Waals surface area contributed by atoms with Crippen molar-refractivity contribution < 1.29 is 39.5 Å². The monoisotopic (exact) mass is 262 g/mol. The van der Waals surface area contributed by atoms with E-state index in [4.69, 9.17) is 0 Å². The van der Waals surface area contributed by atoms with E-state index in [1.165, 1.54) is 0 Å². The van der Waals surface area contributed by atoms with Gasteiger partial charge in [0.2, 0.25) is 0 Å². The molecule has 0 fully saturated rings. The van der Waals surface area contributed by atoms with Gasteiger partial charge in [-0.3, -0.25) is 0 Å². The van der Waals surface area contributed by atoms with Crippen LogP contribution in [0.4, 0.5) is 39.5 Å². The molecule has 98 valence electrons. The van der Waals surface area contributed by atoms with Crippen molar-refractivity contribution in [2.24, 2.45) is 5.92 Å².